The summed E-state index contributed by atoms with van der Waals surface area (Å²) in [5, 5.41) is 0. The molecule has 1 aromatic heterocycles. The molecule has 7 heteroatoms. The van der Waals surface area contributed by atoms with Crippen molar-refractivity contribution in [2.24, 2.45) is 0 Å². The first-order valence-corrected chi connectivity index (χ1v) is 12.5. The number of rotatable bonds is 15. The van der Waals surface area contributed by atoms with Gasteiger partial charge in [0.05, 0.1) is 25.4 Å². The Hall–Kier alpha value is -3.06. The number of unbranched alkanes of at least 4 members (excludes halogenated alkanes) is 2. The average molecular weight is 484 g/mol. The molecule has 0 atom stereocenters. The normalized spacial score (nSPS) is 12.7. The number of hydrogen-bond acceptors (Lipinski definition) is 7. The van der Waals surface area contributed by atoms with Crippen LogP contribution in [0.5, 0.6) is 17.2 Å². The highest BCUT2D eigenvalue weighted by molar-refractivity contribution is 5.95. The minimum atomic E-state index is -0.309. The van der Waals surface area contributed by atoms with Crippen LogP contribution in [0.4, 0.5) is 0 Å². The molecule has 0 amide bonds. The molecule has 0 bridgehead atoms. The molecule has 0 N–H and O–H groups in total. The molecule has 2 heterocycles. The summed E-state index contributed by atoms with van der Waals surface area (Å²) in [5.74, 6) is 1.61. The molecule has 0 spiro atoms. The monoisotopic (exact) mass is 483 g/mol. The minimum Gasteiger partial charge on any atom is -0.492 e. The van der Waals surface area contributed by atoms with Gasteiger partial charge in [-0.15, -0.1) is 0 Å². The van der Waals surface area contributed by atoms with Crippen molar-refractivity contribution in [2.45, 2.75) is 58.8 Å². The van der Waals surface area contributed by atoms with Crippen LogP contribution in [0.15, 0.2) is 36.2 Å². The highest BCUT2D eigenvalue weighted by Gasteiger charge is 2.25. The van der Waals surface area contributed by atoms with Crippen LogP contribution in [-0.2, 0) is 27.1 Å². The van der Waals surface area contributed by atoms with Crippen molar-refractivity contribution in [3.63, 3.8) is 0 Å². The average Bonchev–Trinajstić information content (AvgIpc) is 3.35. The van der Waals surface area contributed by atoms with Gasteiger partial charge in [0.1, 0.15) is 5.75 Å². The van der Waals surface area contributed by atoms with E-state index in [1.807, 2.05) is 38.3 Å². The number of ether oxygens (including phenoxy) is 5. The zero-order valence-corrected chi connectivity index (χ0v) is 21.1. The molecule has 0 saturated carbocycles. The number of esters is 1. The molecular weight excluding hydrogens is 446 g/mol. The number of benzene rings is 1. The molecule has 0 aliphatic carbocycles. The molecule has 2 aromatic rings. The van der Waals surface area contributed by atoms with Gasteiger partial charge in [-0.3, -0.25) is 4.98 Å². The molecule has 190 valence electrons. The number of hydrogen-bond donors (Lipinski definition) is 0. The maximum atomic E-state index is 12.9. The molecule has 0 saturated heterocycles. The van der Waals surface area contributed by atoms with E-state index in [4.69, 9.17) is 23.7 Å². The van der Waals surface area contributed by atoms with Crippen molar-refractivity contribution in [1.29, 1.82) is 0 Å². The summed E-state index contributed by atoms with van der Waals surface area (Å²) in [6.07, 6.45) is 11.7. The standard InChI is InChI=1S/C28H37NO6/c1-4-15-33-27-24(26-22(13-16-34-26)18-25(27)35-20-31-3)17-23(28(30)32-5-2)12-8-6-7-10-21-11-9-14-29-19-21/h9,11,14,17-19H,4-8,10,12-13,15-16,20H2,1-3H3/b23-17+. The van der Waals surface area contributed by atoms with Crippen molar-refractivity contribution in [1.82, 2.24) is 4.98 Å². The lowest BCUT2D eigenvalue weighted by Crippen LogP contribution is -2.09. The Balaban J connectivity index is 1.84. The van der Waals surface area contributed by atoms with Gasteiger partial charge in [0.15, 0.2) is 18.3 Å². The SMILES string of the molecule is CCCOc1c(OCOC)cc2c(c1/C=C(\CCCCCc1cccnc1)C(=O)OCC)OCC2. The van der Waals surface area contributed by atoms with Gasteiger partial charge in [0.2, 0.25) is 0 Å². The molecule has 7 nitrogen and oxygen atoms in total. The highest BCUT2D eigenvalue weighted by atomic mass is 16.7. The first-order chi connectivity index (χ1) is 17.2. The van der Waals surface area contributed by atoms with E-state index < -0.39 is 0 Å². The van der Waals surface area contributed by atoms with Crippen LogP contribution in [0.1, 0.15) is 62.6 Å². The molecule has 0 radical (unpaired) electrons. The number of pyridine rings is 1. The molecular formula is C28H37NO6. The van der Waals surface area contributed by atoms with Crippen LogP contribution >= 0.6 is 0 Å². The lowest BCUT2D eigenvalue weighted by atomic mass is 9.99. The van der Waals surface area contributed by atoms with Gasteiger partial charge < -0.3 is 23.7 Å². The predicted molar refractivity (Wildman–Crippen MR) is 135 cm³/mol. The fourth-order valence-electron chi connectivity index (χ4n) is 4.03. The Kier molecular flexibility index (Phi) is 10.9. The van der Waals surface area contributed by atoms with E-state index in [9.17, 15) is 4.79 Å². The van der Waals surface area contributed by atoms with E-state index in [1.54, 1.807) is 13.3 Å². The van der Waals surface area contributed by atoms with Crippen molar-refractivity contribution < 1.29 is 28.5 Å². The van der Waals surface area contributed by atoms with Gasteiger partial charge >= 0.3 is 5.97 Å². The van der Waals surface area contributed by atoms with Gasteiger partial charge in [-0.25, -0.2) is 4.79 Å². The largest absolute Gasteiger partial charge is 0.492 e. The topological polar surface area (TPSA) is 76.1 Å². The van der Waals surface area contributed by atoms with Crippen LogP contribution in [-0.4, -0.2) is 44.7 Å². The summed E-state index contributed by atoms with van der Waals surface area (Å²) < 4.78 is 28.4. The first-order valence-electron chi connectivity index (χ1n) is 12.5. The van der Waals surface area contributed by atoms with E-state index in [1.165, 1.54) is 5.56 Å². The van der Waals surface area contributed by atoms with E-state index in [0.29, 0.717) is 43.3 Å². The van der Waals surface area contributed by atoms with Gasteiger partial charge in [-0.2, -0.15) is 0 Å². The van der Waals surface area contributed by atoms with Crippen molar-refractivity contribution in [2.75, 3.05) is 33.7 Å². The predicted octanol–water partition coefficient (Wildman–Crippen LogP) is 5.54. The first kappa shape index (κ1) is 26.5. The Morgan fingerprint density at radius 1 is 1.20 bits per heavy atom. The second kappa shape index (κ2) is 14.4. The molecule has 1 aliphatic rings. The van der Waals surface area contributed by atoms with Crippen LogP contribution in [0, 0.1) is 0 Å². The second-order valence-electron chi connectivity index (χ2n) is 8.42. The summed E-state index contributed by atoms with van der Waals surface area (Å²) in [7, 11) is 1.58. The third-order valence-electron chi connectivity index (χ3n) is 5.70. The number of carbonyl (C=O) groups excluding carboxylic acids is 1. The zero-order chi connectivity index (χ0) is 24.9. The number of nitrogens with zero attached hydrogens (tertiary/aromatic N) is 1. The molecule has 1 aromatic carbocycles. The third-order valence-corrected chi connectivity index (χ3v) is 5.70. The van der Waals surface area contributed by atoms with Crippen LogP contribution < -0.4 is 14.2 Å². The van der Waals surface area contributed by atoms with E-state index in [0.717, 1.165) is 55.4 Å². The number of aryl methyl sites for hydroxylation is 1. The lowest BCUT2D eigenvalue weighted by Gasteiger charge is -2.18. The Morgan fingerprint density at radius 3 is 2.83 bits per heavy atom. The van der Waals surface area contributed by atoms with E-state index >= 15 is 0 Å². The second-order valence-corrected chi connectivity index (χ2v) is 8.42. The smallest absolute Gasteiger partial charge is 0.334 e. The molecule has 35 heavy (non-hydrogen) atoms. The third kappa shape index (κ3) is 7.72. The fourth-order valence-corrected chi connectivity index (χ4v) is 4.03. The Morgan fingerprint density at radius 2 is 2.09 bits per heavy atom. The van der Waals surface area contributed by atoms with E-state index in [-0.39, 0.29) is 12.8 Å². The maximum Gasteiger partial charge on any atom is 0.334 e. The Bertz CT molecular complexity index is 973. The highest BCUT2D eigenvalue weighted by Crippen LogP contribution is 2.45. The molecule has 0 fully saturated rings. The number of aromatic nitrogens is 1. The maximum absolute atomic E-state index is 12.9. The van der Waals surface area contributed by atoms with Crippen LogP contribution in [0.25, 0.3) is 6.08 Å². The Labute approximate surface area is 208 Å². The van der Waals surface area contributed by atoms with Gasteiger partial charge in [0, 0.05) is 37.1 Å². The number of fused-ring (bicyclic) bond motifs is 1. The summed E-state index contributed by atoms with van der Waals surface area (Å²) in [6.45, 7) is 5.39. The van der Waals surface area contributed by atoms with Gasteiger partial charge in [-0.05, 0) is 62.8 Å². The quantitative estimate of drug-likeness (QED) is 0.142. The summed E-state index contributed by atoms with van der Waals surface area (Å²) in [4.78, 5) is 17.1. The van der Waals surface area contributed by atoms with Gasteiger partial charge in [-0.1, -0.05) is 19.4 Å². The molecule has 1 aliphatic heterocycles. The van der Waals surface area contributed by atoms with Gasteiger partial charge in [0.25, 0.3) is 0 Å². The lowest BCUT2D eigenvalue weighted by molar-refractivity contribution is -0.138. The molecule has 3 rings (SSSR count). The molecule has 0 unspecified atom stereocenters. The summed E-state index contributed by atoms with van der Waals surface area (Å²) in [6, 6.07) is 6.00. The van der Waals surface area contributed by atoms with Crippen molar-refractivity contribution in [3.8, 4) is 17.2 Å². The van der Waals surface area contributed by atoms with Crippen molar-refractivity contribution >= 4 is 12.0 Å². The summed E-state index contributed by atoms with van der Waals surface area (Å²) in [5.41, 5.74) is 3.60. The zero-order valence-electron chi connectivity index (χ0n) is 21.1. The van der Waals surface area contributed by atoms with Crippen LogP contribution in [0.3, 0.4) is 0 Å². The van der Waals surface area contributed by atoms with E-state index in [2.05, 4.69) is 11.1 Å². The summed E-state index contributed by atoms with van der Waals surface area (Å²) >= 11 is 0. The number of methoxy groups -OCH3 is 1. The fraction of sp³-hybridized carbons (Fsp3) is 0.500. The van der Waals surface area contributed by atoms with Crippen molar-refractivity contribution in [3.05, 3.63) is 52.9 Å². The number of carbonyl (C=O) groups is 1. The minimum absolute atomic E-state index is 0.104. The van der Waals surface area contributed by atoms with Crippen LogP contribution in [0.2, 0.25) is 0 Å².